The number of hydrogen-bond donors (Lipinski definition) is 0. The van der Waals surface area contributed by atoms with Gasteiger partial charge in [-0.3, -0.25) is 19.3 Å². The van der Waals surface area contributed by atoms with E-state index in [1.807, 2.05) is 0 Å². The number of benzene rings is 1. The molecule has 1 atom stereocenters. The number of carbonyl (C=O) groups excluding carboxylic acids is 3. The standard InChI is InChI=1S/C22H19ClF4N4O3/c1-12(14-3-5-16(23)6-4-14)31-18(33)9-30(20(34)21(31)10-29(11-21)13(2)32)19-17(24)7-15(8-28-19)22(25,26)27/h3-8,12H,9-11H2,1-2H3. The van der Waals surface area contributed by atoms with Gasteiger partial charge in [0, 0.05) is 18.1 Å². The molecule has 1 unspecified atom stereocenters. The van der Waals surface area contributed by atoms with Crippen molar-refractivity contribution in [2.24, 2.45) is 0 Å². The minimum absolute atomic E-state index is 0.135. The molecule has 2 saturated heterocycles. The Morgan fingerprint density at radius 2 is 1.79 bits per heavy atom. The fourth-order valence-electron chi connectivity index (χ4n) is 4.40. The summed E-state index contributed by atoms with van der Waals surface area (Å²) in [6.07, 6.45) is -4.41. The molecule has 0 radical (unpaired) electrons. The van der Waals surface area contributed by atoms with Crippen molar-refractivity contribution < 1.29 is 31.9 Å². The lowest BCUT2D eigenvalue weighted by Crippen LogP contribution is -2.81. The van der Waals surface area contributed by atoms with E-state index in [1.165, 1.54) is 16.7 Å². The predicted molar refractivity (Wildman–Crippen MR) is 113 cm³/mol. The van der Waals surface area contributed by atoms with Crippen molar-refractivity contribution in [3.8, 4) is 0 Å². The molecule has 2 aliphatic rings. The molecule has 0 saturated carbocycles. The number of hydrogen-bond acceptors (Lipinski definition) is 4. The number of nitrogens with zero attached hydrogens (tertiary/aromatic N) is 4. The number of likely N-dealkylation sites (tertiary alicyclic amines) is 1. The van der Waals surface area contributed by atoms with Gasteiger partial charge in [-0.25, -0.2) is 9.37 Å². The maximum atomic E-state index is 14.6. The average Bonchev–Trinajstić information content (AvgIpc) is 2.72. The number of rotatable bonds is 3. The highest BCUT2D eigenvalue weighted by Gasteiger charge is 2.62. The van der Waals surface area contributed by atoms with Gasteiger partial charge in [0.1, 0.15) is 6.54 Å². The minimum atomic E-state index is -4.82. The molecule has 4 rings (SSSR count). The van der Waals surface area contributed by atoms with Gasteiger partial charge in [-0.15, -0.1) is 0 Å². The minimum Gasteiger partial charge on any atom is -0.337 e. The van der Waals surface area contributed by atoms with Gasteiger partial charge in [0.15, 0.2) is 17.2 Å². The van der Waals surface area contributed by atoms with Crippen LogP contribution in [-0.4, -0.2) is 57.7 Å². The van der Waals surface area contributed by atoms with Crippen LogP contribution in [0.1, 0.15) is 31.0 Å². The van der Waals surface area contributed by atoms with Crippen molar-refractivity contribution >= 4 is 35.1 Å². The molecule has 2 aromatic rings. The Bertz CT molecular complexity index is 1170. The van der Waals surface area contributed by atoms with Crippen molar-refractivity contribution in [1.29, 1.82) is 0 Å². The Labute approximate surface area is 196 Å². The summed E-state index contributed by atoms with van der Waals surface area (Å²) in [5.41, 5.74) is -2.15. The van der Waals surface area contributed by atoms with Gasteiger partial charge < -0.3 is 9.80 Å². The highest BCUT2D eigenvalue weighted by atomic mass is 35.5. The first kappa shape index (κ1) is 23.9. The van der Waals surface area contributed by atoms with Gasteiger partial charge in [-0.1, -0.05) is 23.7 Å². The van der Waals surface area contributed by atoms with Crippen LogP contribution in [0.2, 0.25) is 5.02 Å². The van der Waals surface area contributed by atoms with E-state index in [0.29, 0.717) is 16.8 Å². The third-order valence-corrected chi connectivity index (χ3v) is 6.41. The van der Waals surface area contributed by atoms with Gasteiger partial charge in [-0.2, -0.15) is 13.2 Å². The summed E-state index contributed by atoms with van der Waals surface area (Å²) in [6.45, 7) is 2.13. The summed E-state index contributed by atoms with van der Waals surface area (Å²) < 4.78 is 53.4. The summed E-state index contributed by atoms with van der Waals surface area (Å²) in [4.78, 5) is 45.8. The van der Waals surface area contributed by atoms with Crippen LogP contribution in [0.25, 0.3) is 0 Å². The number of pyridine rings is 1. The maximum absolute atomic E-state index is 14.6. The third-order valence-electron chi connectivity index (χ3n) is 6.16. The van der Waals surface area contributed by atoms with E-state index < -0.39 is 53.3 Å². The molecule has 3 heterocycles. The average molecular weight is 499 g/mol. The molecular weight excluding hydrogens is 480 g/mol. The summed E-state index contributed by atoms with van der Waals surface area (Å²) >= 11 is 5.95. The molecule has 34 heavy (non-hydrogen) atoms. The second-order valence-electron chi connectivity index (χ2n) is 8.32. The lowest BCUT2D eigenvalue weighted by atomic mass is 9.81. The van der Waals surface area contributed by atoms with Gasteiger partial charge in [-0.05, 0) is 30.7 Å². The lowest BCUT2D eigenvalue weighted by Gasteiger charge is -2.59. The van der Waals surface area contributed by atoms with Crippen molar-refractivity contribution in [3.63, 3.8) is 0 Å². The first-order chi connectivity index (χ1) is 15.8. The number of anilines is 1. The molecule has 1 aromatic carbocycles. The van der Waals surface area contributed by atoms with E-state index in [1.54, 1.807) is 31.2 Å². The van der Waals surface area contributed by atoms with Crippen LogP contribution in [0.4, 0.5) is 23.4 Å². The lowest BCUT2D eigenvalue weighted by molar-refractivity contribution is -0.172. The fraction of sp³-hybridized carbons (Fsp3) is 0.364. The quantitative estimate of drug-likeness (QED) is 0.608. The Morgan fingerprint density at radius 3 is 2.32 bits per heavy atom. The molecule has 0 aliphatic carbocycles. The van der Waals surface area contributed by atoms with Crippen LogP contribution in [0.5, 0.6) is 0 Å². The van der Waals surface area contributed by atoms with Crippen LogP contribution in [-0.2, 0) is 20.6 Å². The van der Waals surface area contributed by atoms with E-state index in [4.69, 9.17) is 11.6 Å². The zero-order valence-corrected chi connectivity index (χ0v) is 18.8. The number of aromatic nitrogens is 1. The highest BCUT2D eigenvalue weighted by molar-refractivity contribution is 6.30. The van der Waals surface area contributed by atoms with Crippen LogP contribution >= 0.6 is 11.6 Å². The molecule has 1 spiro atoms. The van der Waals surface area contributed by atoms with Crippen molar-refractivity contribution in [1.82, 2.24) is 14.8 Å². The Hall–Kier alpha value is -3.21. The van der Waals surface area contributed by atoms with Gasteiger partial charge >= 0.3 is 6.18 Å². The molecule has 0 N–H and O–H groups in total. The number of carbonyl (C=O) groups is 3. The number of halogens is 5. The van der Waals surface area contributed by atoms with E-state index in [9.17, 15) is 31.9 Å². The first-order valence-corrected chi connectivity index (χ1v) is 10.6. The fourth-order valence-corrected chi connectivity index (χ4v) is 4.53. The van der Waals surface area contributed by atoms with Crippen LogP contribution in [0.15, 0.2) is 36.5 Å². The third kappa shape index (κ3) is 3.87. The molecule has 180 valence electrons. The predicted octanol–water partition coefficient (Wildman–Crippen LogP) is 3.43. The zero-order chi connectivity index (χ0) is 25.0. The molecule has 2 fully saturated rings. The maximum Gasteiger partial charge on any atom is 0.417 e. The SMILES string of the molecule is CC(=O)N1CC2(C1)C(=O)N(c1ncc(C(F)(F)F)cc1F)CC(=O)N2C(C)c1ccc(Cl)cc1. The second-order valence-corrected chi connectivity index (χ2v) is 8.75. The van der Waals surface area contributed by atoms with Gasteiger partial charge in [0.25, 0.3) is 5.91 Å². The van der Waals surface area contributed by atoms with Gasteiger partial charge in [0.2, 0.25) is 11.8 Å². The number of alkyl halides is 3. The van der Waals surface area contributed by atoms with Crippen LogP contribution in [0, 0.1) is 5.82 Å². The zero-order valence-electron chi connectivity index (χ0n) is 18.1. The summed E-state index contributed by atoms with van der Waals surface area (Å²) in [5.74, 6) is -3.66. The van der Waals surface area contributed by atoms with Crippen molar-refractivity contribution in [2.75, 3.05) is 24.5 Å². The summed E-state index contributed by atoms with van der Waals surface area (Å²) in [5, 5.41) is 0.480. The van der Waals surface area contributed by atoms with Crippen molar-refractivity contribution in [3.05, 3.63) is 58.5 Å². The molecule has 7 nitrogen and oxygen atoms in total. The molecular formula is C22H19ClF4N4O3. The van der Waals surface area contributed by atoms with Crippen LogP contribution < -0.4 is 4.90 Å². The normalized spacial score (nSPS) is 18.9. The smallest absolute Gasteiger partial charge is 0.337 e. The number of amides is 3. The summed E-state index contributed by atoms with van der Waals surface area (Å²) in [7, 11) is 0. The first-order valence-electron chi connectivity index (χ1n) is 10.2. The monoisotopic (exact) mass is 498 g/mol. The Morgan fingerprint density at radius 1 is 1.18 bits per heavy atom. The van der Waals surface area contributed by atoms with Crippen LogP contribution in [0.3, 0.4) is 0 Å². The molecule has 2 aliphatic heterocycles. The molecule has 3 amide bonds. The van der Waals surface area contributed by atoms with Crippen molar-refractivity contribution in [2.45, 2.75) is 31.6 Å². The molecule has 12 heteroatoms. The molecule has 0 bridgehead atoms. The Kier molecular flexibility index (Phi) is 5.79. The van der Waals surface area contributed by atoms with E-state index in [-0.39, 0.29) is 25.1 Å². The summed E-state index contributed by atoms with van der Waals surface area (Å²) in [6, 6.07) is 6.29. The number of piperazine rings is 1. The Balaban J connectivity index is 1.73. The topological polar surface area (TPSA) is 73.8 Å². The van der Waals surface area contributed by atoms with E-state index in [0.717, 1.165) is 4.90 Å². The largest absolute Gasteiger partial charge is 0.417 e. The molecule has 1 aromatic heterocycles. The van der Waals surface area contributed by atoms with E-state index >= 15 is 0 Å². The highest BCUT2D eigenvalue weighted by Crippen LogP contribution is 2.41. The van der Waals surface area contributed by atoms with E-state index in [2.05, 4.69) is 4.98 Å². The van der Waals surface area contributed by atoms with Gasteiger partial charge in [0.05, 0.1) is 24.7 Å². The second kappa shape index (κ2) is 8.23.